The first-order chi connectivity index (χ1) is 10.4. The third kappa shape index (κ3) is 5.99. The SMILES string of the molecule is COC(C)(C)CCNC(=O)N(CCO)Cc1ccccc1F. The molecule has 0 fully saturated rings. The maximum atomic E-state index is 13.7. The van der Waals surface area contributed by atoms with Crippen LogP contribution >= 0.6 is 0 Å². The minimum Gasteiger partial charge on any atom is -0.395 e. The molecule has 0 aromatic heterocycles. The number of methoxy groups -OCH3 is 1. The molecule has 6 heteroatoms. The zero-order chi connectivity index (χ0) is 16.6. The third-order valence-electron chi connectivity index (χ3n) is 3.53. The van der Waals surface area contributed by atoms with Crippen molar-refractivity contribution >= 4 is 6.03 Å². The van der Waals surface area contributed by atoms with Crippen LogP contribution in [0.1, 0.15) is 25.8 Å². The predicted molar refractivity (Wildman–Crippen MR) is 83.0 cm³/mol. The van der Waals surface area contributed by atoms with E-state index in [2.05, 4.69) is 5.32 Å². The van der Waals surface area contributed by atoms with E-state index in [1.54, 1.807) is 25.3 Å². The molecule has 0 radical (unpaired) electrons. The van der Waals surface area contributed by atoms with Crippen molar-refractivity contribution < 1.29 is 19.0 Å². The van der Waals surface area contributed by atoms with Gasteiger partial charge < -0.3 is 20.1 Å². The Hall–Kier alpha value is -1.66. The Morgan fingerprint density at radius 3 is 2.68 bits per heavy atom. The number of benzene rings is 1. The first-order valence-electron chi connectivity index (χ1n) is 7.32. The van der Waals surface area contributed by atoms with Crippen molar-refractivity contribution in [3.63, 3.8) is 0 Å². The lowest BCUT2D eigenvalue weighted by Gasteiger charge is -2.25. The number of aliphatic hydroxyl groups is 1. The van der Waals surface area contributed by atoms with Gasteiger partial charge in [0.15, 0.2) is 0 Å². The Balaban J connectivity index is 2.59. The molecule has 0 heterocycles. The van der Waals surface area contributed by atoms with E-state index in [4.69, 9.17) is 9.84 Å². The van der Waals surface area contributed by atoms with Gasteiger partial charge in [0.2, 0.25) is 0 Å². The van der Waals surface area contributed by atoms with E-state index in [-0.39, 0.29) is 37.1 Å². The lowest BCUT2D eigenvalue weighted by Crippen LogP contribution is -2.42. The maximum absolute atomic E-state index is 13.7. The summed E-state index contributed by atoms with van der Waals surface area (Å²) in [6.45, 7) is 4.40. The normalized spacial score (nSPS) is 11.3. The fraction of sp³-hybridized carbons (Fsp3) is 0.562. The van der Waals surface area contributed by atoms with Crippen molar-refractivity contribution in [1.82, 2.24) is 10.2 Å². The molecule has 2 amide bonds. The van der Waals surface area contributed by atoms with Gasteiger partial charge in [0.25, 0.3) is 0 Å². The van der Waals surface area contributed by atoms with Crippen LogP contribution in [0.5, 0.6) is 0 Å². The van der Waals surface area contributed by atoms with Crippen molar-refractivity contribution in [3.05, 3.63) is 35.6 Å². The fourth-order valence-corrected chi connectivity index (χ4v) is 1.89. The van der Waals surface area contributed by atoms with Crippen LogP contribution < -0.4 is 5.32 Å². The molecule has 0 bridgehead atoms. The molecule has 0 aliphatic heterocycles. The summed E-state index contributed by atoms with van der Waals surface area (Å²) >= 11 is 0. The number of halogens is 1. The van der Waals surface area contributed by atoms with Crippen molar-refractivity contribution in [2.45, 2.75) is 32.4 Å². The van der Waals surface area contributed by atoms with Crippen LogP contribution in [0.3, 0.4) is 0 Å². The smallest absolute Gasteiger partial charge is 0.317 e. The van der Waals surface area contributed by atoms with Gasteiger partial charge in [0.05, 0.1) is 18.8 Å². The number of nitrogens with zero attached hydrogens (tertiary/aromatic N) is 1. The maximum Gasteiger partial charge on any atom is 0.317 e. The number of hydrogen-bond acceptors (Lipinski definition) is 3. The van der Waals surface area contributed by atoms with Crippen LogP contribution in [-0.4, -0.2) is 48.4 Å². The Kier molecular flexibility index (Phi) is 7.27. The molecule has 0 unspecified atom stereocenters. The topological polar surface area (TPSA) is 61.8 Å². The monoisotopic (exact) mass is 312 g/mol. The second-order valence-electron chi connectivity index (χ2n) is 5.68. The quantitative estimate of drug-likeness (QED) is 0.773. The van der Waals surface area contributed by atoms with E-state index in [1.807, 2.05) is 13.8 Å². The number of hydrogen-bond donors (Lipinski definition) is 2. The number of rotatable bonds is 8. The zero-order valence-corrected chi connectivity index (χ0v) is 13.4. The summed E-state index contributed by atoms with van der Waals surface area (Å²) in [7, 11) is 1.62. The van der Waals surface area contributed by atoms with Crippen molar-refractivity contribution in [2.75, 3.05) is 26.8 Å². The van der Waals surface area contributed by atoms with Gasteiger partial charge in [0, 0.05) is 25.8 Å². The van der Waals surface area contributed by atoms with Gasteiger partial charge in [-0.1, -0.05) is 18.2 Å². The summed E-state index contributed by atoms with van der Waals surface area (Å²) in [5, 5.41) is 11.9. The van der Waals surface area contributed by atoms with E-state index in [0.29, 0.717) is 18.5 Å². The van der Waals surface area contributed by atoms with Gasteiger partial charge in [-0.2, -0.15) is 0 Å². The molecule has 5 nitrogen and oxygen atoms in total. The number of ether oxygens (including phenoxy) is 1. The molecule has 0 aliphatic rings. The van der Waals surface area contributed by atoms with Crippen molar-refractivity contribution in [2.24, 2.45) is 0 Å². The number of urea groups is 1. The van der Waals surface area contributed by atoms with E-state index in [0.717, 1.165) is 0 Å². The Morgan fingerprint density at radius 1 is 1.41 bits per heavy atom. The van der Waals surface area contributed by atoms with Crippen LogP contribution in [0, 0.1) is 5.82 Å². The molecular formula is C16H25FN2O3. The van der Waals surface area contributed by atoms with Crippen LogP contribution in [0.2, 0.25) is 0 Å². The molecule has 0 saturated heterocycles. The summed E-state index contributed by atoms with van der Waals surface area (Å²) in [6.07, 6.45) is 0.655. The number of nitrogens with one attached hydrogen (secondary N) is 1. The molecular weight excluding hydrogens is 287 g/mol. The second kappa shape index (κ2) is 8.70. The molecule has 124 valence electrons. The van der Waals surface area contributed by atoms with Gasteiger partial charge in [-0.3, -0.25) is 0 Å². The zero-order valence-electron chi connectivity index (χ0n) is 13.4. The van der Waals surface area contributed by atoms with E-state index >= 15 is 0 Å². The largest absolute Gasteiger partial charge is 0.395 e. The number of aliphatic hydroxyl groups excluding tert-OH is 1. The van der Waals surface area contributed by atoms with E-state index in [9.17, 15) is 9.18 Å². The summed E-state index contributed by atoms with van der Waals surface area (Å²) in [5.74, 6) is -0.362. The fourth-order valence-electron chi connectivity index (χ4n) is 1.89. The standard InChI is InChI=1S/C16H25FN2O3/c1-16(2,22-3)8-9-18-15(21)19(10-11-20)12-13-6-4-5-7-14(13)17/h4-7,20H,8-12H2,1-3H3,(H,18,21). The van der Waals surface area contributed by atoms with Gasteiger partial charge >= 0.3 is 6.03 Å². The molecule has 0 aliphatic carbocycles. The van der Waals surface area contributed by atoms with Gasteiger partial charge in [-0.05, 0) is 26.3 Å². The minimum absolute atomic E-state index is 0.118. The average molecular weight is 312 g/mol. The summed E-state index contributed by atoms with van der Waals surface area (Å²) in [4.78, 5) is 13.6. The van der Waals surface area contributed by atoms with Gasteiger partial charge in [0.1, 0.15) is 5.82 Å². The summed E-state index contributed by atoms with van der Waals surface area (Å²) in [6, 6.07) is 5.97. The highest BCUT2D eigenvalue weighted by atomic mass is 19.1. The number of amides is 2. The van der Waals surface area contributed by atoms with Gasteiger partial charge in [-0.25, -0.2) is 9.18 Å². The second-order valence-corrected chi connectivity index (χ2v) is 5.68. The molecule has 22 heavy (non-hydrogen) atoms. The third-order valence-corrected chi connectivity index (χ3v) is 3.53. The Morgan fingerprint density at radius 2 is 2.09 bits per heavy atom. The molecule has 0 atom stereocenters. The van der Waals surface area contributed by atoms with Crippen LogP contribution in [0.15, 0.2) is 24.3 Å². The highest BCUT2D eigenvalue weighted by Gasteiger charge is 2.18. The van der Waals surface area contributed by atoms with Crippen LogP contribution in [0.25, 0.3) is 0 Å². The highest BCUT2D eigenvalue weighted by Crippen LogP contribution is 2.12. The van der Waals surface area contributed by atoms with Crippen LogP contribution in [-0.2, 0) is 11.3 Å². The van der Waals surface area contributed by atoms with Crippen molar-refractivity contribution in [3.8, 4) is 0 Å². The average Bonchev–Trinajstić information content (AvgIpc) is 2.48. The van der Waals surface area contributed by atoms with Crippen LogP contribution in [0.4, 0.5) is 9.18 Å². The lowest BCUT2D eigenvalue weighted by atomic mass is 10.1. The predicted octanol–water partition coefficient (Wildman–Crippen LogP) is 2.14. The summed E-state index contributed by atoms with van der Waals surface area (Å²) in [5.41, 5.74) is 0.101. The lowest BCUT2D eigenvalue weighted by molar-refractivity contribution is 0.0162. The molecule has 0 spiro atoms. The van der Waals surface area contributed by atoms with E-state index in [1.165, 1.54) is 11.0 Å². The Bertz CT molecular complexity index is 480. The van der Waals surface area contributed by atoms with Gasteiger partial charge in [-0.15, -0.1) is 0 Å². The van der Waals surface area contributed by atoms with Crippen molar-refractivity contribution in [1.29, 1.82) is 0 Å². The highest BCUT2D eigenvalue weighted by molar-refractivity contribution is 5.74. The summed E-state index contributed by atoms with van der Waals surface area (Å²) < 4.78 is 19.0. The Labute approximate surface area is 131 Å². The first kappa shape index (κ1) is 18.4. The van der Waals surface area contributed by atoms with E-state index < -0.39 is 0 Å². The number of carbonyl (C=O) groups excluding carboxylic acids is 1. The molecule has 1 aromatic rings. The number of carbonyl (C=O) groups is 1. The molecule has 1 rings (SSSR count). The molecule has 2 N–H and O–H groups in total. The first-order valence-corrected chi connectivity index (χ1v) is 7.32. The molecule has 1 aromatic carbocycles. The molecule has 0 saturated carbocycles. The minimum atomic E-state index is -0.362.